The lowest BCUT2D eigenvalue weighted by atomic mass is 10.1. The summed E-state index contributed by atoms with van der Waals surface area (Å²) in [6.45, 7) is 6.25. The highest BCUT2D eigenvalue weighted by Crippen LogP contribution is 2.21. The van der Waals surface area contributed by atoms with Crippen molar-refractivity contribution in [1.82, 2.24) is 0 Å². The third kappa shape index (κ3) is 3.92. The topological polar surface area (TPSA) is 29.5 Å². The average Bonchev–Trinajstić information content (AvgIpc) is 2.18. The van der Waals surface area contributed by atoms with Crippen LogP contribution < -0.4 is 4.74 Å². The molecule has 2 heteroatoms. The maximum absolute atomic E-state index is 8.88. The highest BCUT2D eigenvalue weighted by Gasteiger charge is 2.18. The summed E-state index contributed by atoms with van der Waals surface area (Å²) < 4.78 is 5.78. The minimum absolute atomic E-state index is 0.153. The minimum atomic E-state index is -0.303. The Morgan fingerprint density at radius 3 is 2.27 bits per heavy atom. The first-order valence-electron chi connectivity index (χ1n) is 5.46. The molecule has 0 aliphatic carbocycles. The van der Waals surface area contributed by atoms with Gasteiger partial charge in [-0.25, -0.2) is 0 Å². The molecule has 0 aliphatic heterocycles. The van der Waals surface area contributed by atoms with Gasteiger partial charge in [0.15, 0.2) is 0 Å². The van der Waals surface area contributed by atoms with Crippen molar-refractivity contribution in [3.05, 3.63) is 29.8 Å². The molecule has 0 heterocycles. The van der Waals surface area contributed by atoms with Crippen molar-refractivity contribution < 1.29 is 9.84 Å². The molecular weight excluding hydrogens is 188 g/mol. The summed E-state index contributed by atoms with van der Waals surface area (Å²) in [5.41, 5.74) is 1.00. The van der Waals surface area contributed by atoms with Gasteiger partial charge in [-0.15, -0.1) is 0 Å². The van der Waals surface area contributed by atoms with Gasteiger partial charge in [0.2, 0.25) is 0 Å². The molecule has 0 bridgehead atoms. The molecule has 1 aromatic rings. The second-order valence-corrected chi connectivity index (χ2v) is 4.33. The fraction of sp³-hybridized carbons (Fsp3) is 0.538. The molecule has 0 unspecified atom stereocenters. The molecule has 2 nitrogen and oxygen atoms in total. The third-order valence-electron chi connectivity index (χ3n) is 2.44. The van der Waals surface area contributed by atoms with Crippen molar-refractivity contribution in [2.24, 2.45) is 0 Å². The predicted molar refractivity (Wildman–Crippen MR) is 62.2 cm³/mol. The van der Waals surface area contributed by atoms with Crippen LogP contribution in [0.15, 0.2) is 24.3 Å². The number of hydrogen-bond donors (Lipinski definition) is 1. The fourth-order valence-electron chi connectivity index (χ4n) is 1.43. The molecule has 0 radical (unpaired) electrons. The number of benzene rings is 1. The molecule has 0 atom stereocenters. The number of ether oxygens (including phenoxy) is 1. The zero-order chi connectivity index (χ0) is 11.3. The lowest BCUT2D eigenvalue weighted by Gasteiger charge is -2.25. The SMILES string of the molecule is CCc1ccc(OC(C)(C)CCO)cc1. The van der Waals surface area contributed by atoms with E-state index < -0.39 is 0 Å². The Kier molecular flexibility index (Phi) is 4.15. The molecular formula is C13H20O2. The largest absolute Gasteiger partial charge is 0.488 e. The van der Waals surface area contributed by atoms with Gasteiger partial charge in [-0.2, -0.15) is 0 Å². The minimum Gasteiger partial charge on any atom is -0.488 e. The van der Waals surface area contributed by atoms with Crippen LogP contribution >= 0.6 is 0 Å². The summed E-state index contributed by atoms with van der Waals surface area (Å²) in [5, 5.41) is 8.88. The van der Waals surface area contributed by atoms with E-state index in [2.05, 4.69) is 19.1 Å². The van der Waals surface area contributed by atoms with Crippen molar-refractivity contribution in [2.75, 3.05) is 6.61 Å². The van der Waals surface area contributed by atoms with Crippen LogP contribution in [0.3, 0.4) is 0 Å². The van der Waals surface area contributed by atoms with E-state index in [0.29, 0.717) is 6.42 Å². The van der Waals surface area contributed by atoms with E-state index in [1.54, 1.807) is 0 Å². The van der Waals surface area contributed by atoms with Crippen LogP contribution in [0.1, 0.15) is 32.8 Å². The molecule has 15 heavy (non-hydrogen) atoms. The van der Waals surface area contributed by atoms with Crippen molar-refractivity contribution in [3.8, 4) is 5.75 Å². The molecule has 0 saturated heterocycles. The molecule has 0 amide bonds. The highest BCUT2D eigenvalue weighted by molar-refractivity contribution is 5.27. The zero-order valence-electron chi connectivity index (χ0n) is 9.79. The van der Waals surface area contributed by atoms with E-state index in [4.69, 9.17) is 9.84 Å². The van der Waals surface area contributed by atoms with E-state index in [1.807, 2.05) is 26.0 Å². The van der Waals surface area contributed by atoms with E-state index in [1.165, 1.54) is 5.56 Å². The number of hydrogen-bond acceptors (Lipinski definition) is 2. The molecule has 1 N–H and O–H groups in total. The highest BCUT2D eigenvalue weighted by atomic mass is 16.5. The van der Waals surface area contributed by atoms with E-state index in [9.17, 15) is 0 Å². The maximum Gasteiger partial charge on any atom is 0.120 e. The van der Waals surface area contributed by atoms with Crippen molar-refractivity contribution >= 4 is 0 Å². The average molecular weight is 208 g/mol. The Balaban J connectivity index is 2.64. The Morgan fingerprint density at radius 2 is 1.80 bits per heavy atom. The summed E-state index contributed by atoms with van der Waals surface area (Å²) in [4.78, 5) is 0. The van der Waals surface area contributed by atoms with Crippen LogP contribution in [0.5, 0.6) is 5.75 Å². The van der Waals surface area contributed by atoms with Crippen LogP contribution in [0.2, 0.25) is 0 Å². The van der Waals surface area contributed by atoms with E-state index >= 15 is 0 Å². The Bertz CT molecular complexity index is 288. The number of aryl methyl sites for hydroxylation is 1. The van der Waals surface area contributed by atoms with Crippen LogP contribution in [0.25, 0.3) is 0 Å². The van der Waals surface area contributed by atoms with Crippen LogP contribution in [-0.2, 0) is 6.42 Å². The van der Waals surface area contributed by atoms with E-state index in [-0.39, 0.29) is 12.2 Å². The lowest BCUT2D eigenvalue weighted by molar-refractivity contribution is 0.0765. The summed E-state index contributed by atoms with van der Waals surface area (Å²) in [7, 11) is 0. The summed E-state index contributed by atoms with van der Waals surface area (Å²) in [6.07, 6.45) is 1.68. The maximum atomic E-state index is 8.88. The summed E-state index contributed by atoms with van der Waals surface area (Å²) in [5.74, 6) is 0.866. The molecule has 0 aromatic heterocycles. The van der Waals surface area contributed by atoms with Gasteiger partial charge in [-0.05, 0) is 38.0 Å². The molecule has 1 aromatic carbocycles. The number of rotatable bonds is 5. The Morgan fingerprint density at radius 1 is 1.20 bits per heavy atom. The number of aliphatic hydroxyl groups is 1. The van der Waals surface area contributed by atoms with Crippen molar-refractivity contribution in [2.45, 2.75) is 39.2 Å². The van der Waals surface area contributed by atoms with Gasteiger partial charge in [0, 0.05) is 13.0 Å². The molecule has 0 saturated carbocycles. The van der Waals surface area contributed by atoms with Gasteiger partial charge in [-0.3, -0.25) is 0 Å². The molecule has 0 aliphatic rings. The van der Waals surface area contributed by atoms with Crippen LogP contribution in [0.4, 0.5) is 0 Å². The summed E-state index contributed by atoms with van der Waals surface area (Å²) in [6, 6.07) is 8.12. The first-order chi connectivity index (χ1) is 7.07. The van der Waals surface area contributed by atoms with Gasteiger partial charge in [-0.1, -0.05) is 19.1 Å². The lowest BCUT2D eigenvalue weighted by Crippen LogP contribution is -2.29. The monoisotopic (exact) mass is 208 g/mol. The van der Waals surface area contributed by atoms with Gasteiger partial charge in [0.05, 0.1) is 0 Å². The van der Waals surface area contributed by atoms with Crippen LogP contribution in [0, 0.1) is 0 Å². The van der Waals surface area contributed by atoms with Gasteiger partial charge < -0.3 is 9.84 Å². The molecule has 0 spiro atoms. The van der Waals surface area contributed by atoms with Crippen molar-refractivity contribution in [1.29, 1.82) is 0 Å². The standard InChI is InChI=1S/C13H20O2/c1-4-11-5-7-12(8-6-11)15-13(2,3)9-10-14/h5-8,14H,4,9-10H2,1-3H3. The van der Waals surface area contributed by atoms with E-state index in [0.717, 1.165) is 12.2 Å². The third-order valence-corrected chi connectivity index (χ3v) is 2.44. The Hall–Kier alpha value is -1.02. The first kappa shape index (κ1) is 12.1. The second kappa shape index (κ2) is 5.17. The van der Waals surface area contributed by atoms with Gasteiger partial charge in [0.25, 0.3) is 0 Å². The summed E-state index contributed by atoms with van der Waals surface area (Å²) >= 11 is 0. The predicted octanol–water partition coefficient (Wildman–Crippen LogP) is 2.79. The smallest absolute Gasteiger partial charge is 0.120 e. The zero-order valence-corrected chi connectivity index (χ0v) is 9.79. The molecule has 1 rings (SSSR count). The quantitative estimate of drug-likeness (QED) is 0.806. The molecule has 84 valence electrons. The molecule has 0 fully saturated rings. The Labute approximate surface area is 91.9 Å². The normalized spacial score (nSPS) is 11.5. The van der Waals surface area contributed by atoms with Crippen molar-refractivity contribution in [3.63, 3.8) is 0 Å². The van der Waals surface area contributed by atoms with Crippen LogP contribution in [-0.4, -0.2) is 17.3 Å². The second-order valence-electron chi connectivity index (χ2n) is 4.33. The first-order valence-corrected chi connectivity index (χ1v) is 5.46. The van der Waals surface area contributed by atoms with Gasteiger partial charge >= 0.3 is 0 Å². The van der Waals surface area contributed by atoms with Gasteiger partial charge in [0.1, 0.15) is 11.4 Å². The number of aliphatic hydroxyl groups excluding tert-OH is 1. The fourth-order valence-corrected chi connectivity index (χ4v) is 1.43.